The Morgan fingerprint density at radius 2 is 1.75 bits per heavy atom. The van der Waals surface area contributed by atoms with Crippen LogP contribution in [0.5, 0.6) is 0 Å². The van der Waals surface area contributed by atoms with Gasteiger partial charge >= 0.3 is 0 Å². The molecule has 0 heterocycles. The third-order valence-electron chi connectivity index (χ3n) is 3.47. The van der Waals surface area contributed by atoms with Gasteiger partial charge in [0.2, 0.25) is 0 Å². The lowest BCUT2D eigenvalue weighted by Gasteiger charge is -2.21. The standard InChI is InChI=1S/C17H19Cl2N/c1-4-16(13-6-7-14(18)15(19)10-13)20-17-8-5-11(2)9-12(17)3/h5-10,16,20H,4H2,1-3H3. The smallest absolute Gasteiger partial charge is 0.0595 e. The maximum Gasteiger partial charge on any atom is 0.0595 e. The number of halogens is 2. The number of anilines is 1. The summed E-state index contributed by atoms with van der Waals surface area (Å²) in [6.45, 7) is 6.38. The number of aryl methyl sites for hydroxylation is 2. The zero-order valence-electron chi connectivity index (χ0n) is 12.0. The fourth-order valence-corrected chi connectivity index (χ4v) is 2.62. The topological polar surface area (TPSA) is 12.0 Å². The number of hydrogen-bond acceptors (Lipinski definition) is 1. The Balaban J connectivity index is 2.26. The third-order valence-corrected chi connectivity index (χ3v) is 4.20. The summed E-state index contributed by atoms with van der Waals surface area (Å²) in [5, 5.41) is 4.78. The molecule has 3 heteroatoms. The first-order chi connectivity index (χ1) is 9.51. The SMILES string of the molecule is CCC(Nc1ccc(C)cc1C)c1ccc(Cl)c(Cl)c1. The second kappa shape index (κ2) is 6.51. The predicted octanol–water partition coefficient (Wildman–Crippen LogP) is 6.17. The summed E-state index contributed by atoms with van der Waals surface area (Å²) in [6, 6.07) is 12.5. The van der Waals surface area contributed by atoms with E-state index in [1.807, 2.05) is 18.2 Å². The molecule has 0 bridgehead atoms. The zero-order chi connectivity index (χ0) is 14.7. The molecule has 2 rings (SSSR count). The summed E-state index contributed by atoms with van der Waals surface area (Å²) in [5.74, 6) is 0. The van der Waals surface area contributed by atoms with Gasteiger partial charge < -0.3 is 5.32 Å². The van der Waals surface area contributed by atoms with Gasteiger partial charge in [-0.25, -0.2) is 0 Å². The van der Waals surface area contributed by atoms with Gasteiger partial charge in [0.15, 0.2) is 0 Å². The van der Waals surface area contributed by atoms with Crippen LogP contribution in [0.15, 0.2) is 36.4 Å². The minimum absolute atomic E-state index is 0.228. The molecule has 1 nitrogen and oxygen atoms in total. The summed E-state index contributed by atoms with van der Waals surface area (Å²) in [5.41, 5.74) is 4.84. The second-order valence-corrected chi connectivity index (χ2v) is 5.91. The molecule has 0 aliphatic heterocycles. The van der Waals surface area contributed by atoms with Gasteiger partial charge in [-0.15, -0.1) is 0 Å². The fraction of sp³-hybridized carbons (Fsp3) is 0.294. The summed E-state index contributed by atoms with van der Waals surface area (Å²) in [4.78, 5) is 0. The first-order valence-electron chi connectivity index (χ1n) is 6.80. The van der Waals surface area contributed by atoms with Crippen molar-refractivity contribution >= 4 is 28.9 Å². The summed E-state index contributed by atoms with van der Waals surface area (Å²) < 4.78 is 0. The van der Waals surface area contributed by atoms with E-state index < -0.39 is 0 Å². The van der Waals surface area contributed by atoms with E-state index >= 15 is 0 Å². The van der Waals surface area contributed by atoms with E-state index in [9.17, 15) is 0 Å². The molecule has 0 aromatic heterocycles. The van der Waals surface area contributed by atoms with Crippen LogP contribution in [0.3, 0.4) is 0 Å². The van der Waals surface area contributed by atoms with Crippen molar-refractivity contribution in [3.8, 4) is 0 Å². The van der Waals surface area contributed by atoms with E-state index in [1.54, 1.807) is 0 Å². The molecule has 0 amide bonds. The second-order valence-electron chi connectivity index (χ2n) is 5.10. The average molecular weight is 308 g/mol. The number of benzene rings is 2. The van der Waals surface area contributed by atoms with Crippen LogP contribution >= 0.6 is 23.2 Å². The van der Waals surface area contributed by atoms with Crippen LogP contribution in [0, 0.1) is 13.8 Å². The molecule has 0 saturated carbocycles. The highest BCUT2D eigenvalue weighted by Gasteiger charge is 2.12. The largest absolute Gasteiger partial charge is 0.378 e. The van der Waals surface area contributed by atoms with Gasteiger partial charge in [-0.05, 0) is 49.6 Å². The molecule has 2 aromatic rings. The molecule has 0 radical (unpaired) electrons. The molecule has 1 N–H and O–H groups in total. The Bertz CT molecular complexity index is 608. The Kier molecular flexibility index (Phi) is 4.95. The van der Waals surface area contributed by atoms with Crippen molar-refractivity contribution in [1.29, 1.82) is 0 Å². The Morgan fingerprint density at radius 1 is 1.00 bits per heavy atom. The molecule has 0 aliphatic carbocycles. The first-order valence-corrected chi connectivity index (χ1v) is 7.55. The summed E-state index contributed by atoms with van der Waals surface area (Å²) in [7, 11) is 0. The van der Waals surface area contributed by atoms with Crippen molar-refractivity contribution in [1.82, 2.24) is 0 Å². The monoisotopic (exact) mass is 307 g/mol. The molecule has 106 valence electrons. The normalized spacial score (nSPS) is 12.2. The third kappa shape index (κ3) is 3.47. The van der Waals surface area contributed by atoms with Crippen molar-refractivity contribution in [2.24, 2.45) is 0 Å². The van der Waals surface area contributed by atoms with Gasteiger partial charge in [0.25, 0.3) is 0 Å². The van der Waals surface area contributed by atoms with E-state index in [2.05, 4.69) is 44.3 Å². The van der Waals surface area contributed by atoms with Crippen LogP contribution in [0.2, 0.25) is 10.0 Å². The van der Waals surface area contributed by atoms with Crippen LogP contribution in [0.1, 0.15) is 36.1 Å². The van der Waals surface area contributed by atoms with Gasteiger partial charge in [0, 0.05) is 5.69 Å². The molecular weight excluding hydrogens is 289 g/mol. The maximum atomic E-state index is 6.11. The first kappa shape index (κ1) is 15.2. The van der Waals surface area contributed by atoms with Crippen molar-refractivity contribution in [2.75, 3.05) is 5.32 Å². The zero-order valence-corrected chi connectivity index (χ0v) is 13.5. The Morgan fingerprint density at radius 3 is 2.35 bits per heavy atom. The highest BCUT2D eigenvalue weighted by Crippen LogP contribution is 2.30. The van der Waals surface area contributed by atoms with Crippen molar-refractivity contribution in [2.45, 2.75) is 33.2 Å². The van der Waals surface area contributed by atoms with E-state index in [1.165, 1.54) is 11.1 Å². The lowest BCUT2D eigenvalue weighted by atomic mass is 10.0. The lowest BCUT2D eigenvalue weighted by Crippen LogP contribution is -2.10. The minimum atomic E-state index is 0.228. The Hall–Kier alpha value is -1.18. The predicted molar refractivity (Wildman–Crippen MR) is 89.0 cm³/mol. The van der Waals surface area contributed by atoms with Crippen LogP contribution in [-0.2, 0) is 0 Å². The molecule has 20 heavy (non-hydrogen) atoms. The molecule has 1 atom stereocenters. The number of rotatable bonds is 4. The molecule has 1 unspecified atom stereocenters. The van der Waals surface area contributed by atoms with E-state index in [0.29, 0.717) is 10.0 Å². The molecular formula is C17H19Cl2N. The minimum Gasteiger partial charge on any atom is -0.378 e. The van der Waals surface area contributed by atoms with Gasteiger partial charge in [-0.3, -0.25) is 0 Å². The molecule has 0 fully saturated rings. The highest BCUT2D eigenvalue weighted by atomic mass is 35.5. The van der Waals surface area contributed by atoms with E-state index in [-0.39, 0.29) is 6.04 Å². The fourth-order valence-electron chi connectivity index (χ4n) is 2.31. The molecule has 0 aliphatic rings. The number of hydrogen-bond donors (Lipinski definition) is 1. The van der Waals surface area contributed by atoms with Crippen molar-refractivity contribution in [3.63, 3.8) is 0 Å². The molecule has 0 saturated heterocycles. The van der Waals surface area contributed by atoms with E-state index in [0.717, 1.165) is 17.7 Å². The lowest BCUT2D eigenvalue weighted by molar-refractivity contribution is 0.748. The molecule has 2 aromatic carbocycles. The number of nitrogens with one attached hydrogen (secondary N) is 1. The van der Waals surface area contributed by atoms with Crippen molar-refractivity contribution < 1.29 is 0 Å². The van der Waals surface area contributed by atoms with Crippen LogP contribution < -0.4 is 5.32 Å². The average Bonchev–Trinajstić information content (AvgIpc) is 2.41. The maximum absolute atomic E-state index is 6.11. The van der Waals surface area contributed by atoms with Gasteiger partial charge in [-0.2, -0.15) is 0 Å². The Labute approximate surface area is 130 Å². The summed E-state index contributed by atoms with van der Waals surface area (Å²) in [6.07, 6.45) is 0.977. The van der Waals surface area contributed by atoms with Crippen LogP contribution in [0.4, 0.5) is 5.69 Å². The quantitative estimate of drug-likeness (QED) is 0.711. The van der Waals surface area contributed by atoms with Crippen LogP contribution in [0.25, 0.3) is 0 Å². The van der Waals surface area contributed by atoms with Gasteiger partial charge in [0.1, 0.15) is 0 Å². The molecule has 0 spiro atoms. The van der Waals surface area contributed by atoms with E-state index in [4.69, 9.17) is 23.2 Å². The van der Waals surface area contributed by atoms with Crippen LogP contribution in [-0.4, -0.2) is 0 Å². The van der Waals surface area contributed by atoms with Gasteiger partial charge in [-0.1, -0.05) is 53.9 Å². The van der Waals surface area contributed by atoms with Gasteiger partial charge in [0.05, 0.1) is 16.1 Å². The highest BCUT2D eigenvalue weighted by molar-refractivity contribution is 6.42. The summed E-state index contributed by atoms with van der Waals surface area (Å²) >= 11 is 12.1. The van der Waals surface area contributed by atoms with Crippen molar-refractivity contribution in [3.05, 3.63) is 63.1 Å².